The quantitative estimate of drug-likeness (QED) is 0.181. The predicted molar refractivity (Wildman–Crippen MR) is 134 cm³/mol. The van der Waals surface area contributed by atoms with Gasteiger partial charge in [0.1, 0.15) is 0 Å². The highest BCUT2D eigenvalue weighted by Gasteiger charge is 2.23. The van der Waals surface area contributed by atoms with Crippen LogP contribution in [0.4, 0.5) is 0 Å². The topological polar surface area (TPSA) is 94.1 Å². The van der Waals surface area contributed by atoms with Gasteiger partial charge in [0, 0.05) is 22.9 Å². The van der Waals surface area contributed by atoms with Gasteiger partial charge in [-0.2, -0.15) is 0 Å². The van der Waals surface area contributed by atoms with Crippen molar-refractivity contribution in [1.29, 1.82) is 0 Å². The van der Waals surface area contributed by atoms with Crippen molar-refractivity contribution in [2.75, 3.05) is 46.2 Å². The Bertz CT molecular complexity index is 608. The molecule has 0 heterocycles. The van der Waals surface area contributed by atoms with E-state index in [2.05, 4.69) is 39.6 Å². The monoisotopic (exact) mass is 469 g/mol. The van der Waals surface area contributed by atoms with E-state index in [0.717, 1.165) is 0 Å². The third-order valence-corrected chi connectivity index (χ3v) is 3.94. The van der Waals surface area contributed by atoms with E-state index in [0.29, 0.717) is 45.2 Å². The lowest BCUT2D eigenvalue weighted by Gasteiger charge is -2.29. The van der Waals surface area contributed by atoms with Gasteiger partial charge in [0.2, 0.25) is 0 Å². The van der Waals surface area contributed by atoms with Gasteiger partial charge in [-0.25, -0.2) is 0 Å². The number of ether oxygens (including phenoxy) is 3. The van der Waals surface area contributed by atoms with E-state index in [9.17, 15) is 9.59 Å². The first kappa shape index (κ1) is 33.2. The highest BCUT2D eigenvalue weighted by molar-refractivity contribution is 5.96. The maximum atomic E-state index is 12.3. The predicted octanol–water partition coefficient (Wildman–Crippen LogP) is 4.78. The maximum absolute atomic E-state index is 12.3. The summed E-state index contributed by atoms with van der Waals surface area (Å²) in [5.74, 6) is -1.01. The van der Waals surface area contributed by atoms with Crippen LogP contribution in [-0.4, -0.2) is 63.2 Å². The number of rotatable bonds is 17. The van der Waals surface area contributed by atoms with Crippen molar-refractivity contribution in [3.05, 3.63) is 36.5 Å². The Balaban J connectivity index is 0. The summed E-state index contributed by atoms with van der Waals surface area (Å²) in [6, 6.07) is 0. The molecule has 0 fully saturated rings. The van der Waals surface area contributed by atoms with E-state index >= 15 is 0 Å². The fourth-order valence-corrected chi connectivity index (χ4v) is 2.36. The molecule has 0 rings (SSSR count). The van der Waals surface area contributed by atoms with Crippen molar-refractivity contribution in [1.82, 2.24) is 5.32 Å². The highest BCUT2D eigenvalue weighted by atomic mass is 16.5. The van der Waals surface area contributed by atoms with E-state index < -0.39 is 5.97 Å². The first-order chi connectivity index (χ1) is 15.4. The maximum Gasteiger partial charge on any atom is 0.305 e. The lowest BCUT2D eigenvalue weighted by molar-refractivity contribution is -0.138. The Hall–Kier alpha value is -1.96. The summed E-state index contributed by atoms with van der Waals surface area (Å²) < 4.78 is 16.7. The van der Waals surface area contributed by atoms with Gasteiger partial charge in [-0.15, -0.1) is 0 Å². The number of amides is 1. The fourth-order valence-electron chi connectivity index (χ4n) is 2.36. The Morgan fingerprint density at radius 2 is 1.48 bits per heavy atom. The second-order valence-electron chi connectivity index (χ2n) is 9.38. The summed E-state index contributed by atoms with van der Waals surface area (Å²) in [7, 11) is 0. The lowest BCUT2D eigenvalue weighted by atomic mass is 9.93. The molecule has 192 valence electrons. The normalized spacial score (nSPS) is 12.3. The first-order valence-corrected chi connectivity index (χ1v) is 11.6. The molecular weight excluding hydrogens is 422 g/mol. The summed E-state index contributed by atoms with van der Waals surface area (Å²) in [6.07, 6.45) is 8.08. The zero-order valence-electron chi connectivity index (χ0n) is 21.9. The van der Waals surface area contributed by atoms with Crippen LogP contribution in [0.3, 0.4) is 0 Å². The van der Waals surface area contributed by atoms with Crippen molar-refractivity contribution in [3.63, 3.8) is 0 Å². The summed E-state index contributed by atoms with van der Waals surface area (Å²) in [4.78, 5) is 22.7. The van der Waals surface area contributed by atoms with Gasteiger partial charge in [-0.1, -0.05) is 78.8 Å². The van der Waals surface area contributed by atoms with Crippen molar-refractivity contribution in [2.45, 2.75) is 61.3 Å². The van der Waals surface area contributed by atoms with E-state index in [4.69, 9.17) is 19.3 Å². The van der Waals surface area contributed by atoms with Crippen LogP contribution in [0.15, 0.2) is 36.5 Å². The van der Waals surface area contributed by atoms with Crippen LogP contribution in [0.5, 0.6) is 0 Å². The molecule has 2 N–H and O–H groups in total. The number of nitrogens with one attached hydrogen (secondary N) is 1. The molecule has 0 saturated carbocycles. The van der Waals surface area contributed by atoms with Gasteiger partial charge in [0.05, 0.1) is 46.1 Å². The fraction of sp³-hybridized carbons (Fsp3) is 0.692. The molecule has 7 heteroatoms. The van der Waals surface area contributed by atoms with Crippen LogP contribution in [0, 0.1) is 10.8 Å². The van der Waals surface area contributed by atoms with E-state index in [1.165, 1.54) is 6.42 Å². The van der Waals surface area contributed by atoms with Gasteiger partial charge in [-0.05, 0) is 6.92 Å². The van der Waals surface area contributed by atoms with Crippen LogP contribution < -0.4 is 5.32 Å². The SMILES string of the molecule is C=C/C=C(\C=C/C)C(=O)NCC(C)(C)COCC(C)(C)COCCOCCC(=O)O.CCC. The third kappa shape index (κ3) is 21.6. The molecule has 0 bridgehead atoms. The van der Waals surface area contributed by atoms with Crippen LogP contribution in [0.1, 0.15) is 61.3 Å². The summed E-state index contributed by atoms with van der Waals surface area (Å²) in [5.41, 5.74) is 0.167. The number of hydrogen-bond donors (Lipinski definition) is 2. The zero-order chi connectivity index (χ0) is 25.8. The molecular formula is C26H47NO6. The first-order valence-electron chi connectivity index (χ1n) is 11.6. The van der Waals surface area contributed by atoms with E-state index in [1.807, 2.05) is 26.8 Å². The summed E-state index contributed by atoms with van der Waals surface area (Å²) in [6.45, 7) is 20.9. The average molecular weight is 470 g/mol. The molecule has 0 aromatic heterocycles. The molecule has 0 aromatic rings. The molecule has 0 unspecified atom stereocenters. The molecule has 0 aliphatic heterocycles. The van der Waals surface area contributed by atoms with Crippen LogP contribution in [-0.2, 0) is 23.8 Å². The minimum Gasteiger partial charge on any atom is -0.481 e. The molecule has 0 saturated heterocycles. The van der Waals surface area contributed by atoms with Gasteiger partial charge >= 0.3 is 5.97 Å². The van der Waals surface area contributed by atoms with Gasteiger partial charge in [0.25, 0.3) is 5.91 Å². The number of carbonyl (C=O) groups excluding carboxylic acids is 1. The molecule has 0 aliphatic rings. The number of carbonyl (C=O) groups is 2. The number of allylic oxidation sites excluding steroid dienone is 3. The molecule has 0 radical (unpaired) electrons. The molecule has 0 atom stereocenters. The second kappa shape index (κ2) is 19.5. The molecule has 7 nitrogen and oxygen atoms in total. The van der Waals surface area contributed by atoms with Crippen molar-refractivity contribution in [2.24, 2.45) is 10.8 Å². The molecule has 0 aromatic carbocycles. The number of carboxylic acid groups (broad SMARTS) is 1. The van der Waals surface area contributed by atoms with Crippen molar-refractivity contribution >= 4 is 11.9 Å². The van der Waals surface area contributed by atoms with Crippen LogP contribution >= 0.6 is 0 Å². The van der Waals surface area contributed by atoms with Crippen molar-refractivity contribution < 1.29 is 28.9 Å². The van der Waals surface area contributed by atoms with E-state index in [-0.39, 0.29) is 29.8 Å². The Kier molecular flexibility index (Phi) is 19.6. The minimum absolute atomic E-state index is 0.00324. The largest absolute Gasteiger partial charge is 0.481 e. The molecule has 1 amide bonds. The summed E-state index contributed by atoms with van der Waals surface area (Å²) in [5, 5.41) is 11.5. The lowest BCUT2D eigenvalue weighted by Crippen LogP contribution is -2.38. The number of hydrogen-bond acceptors (Lipinski definition) is 5. The zero-order valence-corrected chi connectivity index (χ0v) is 21.9. The van der Waals surface area contributed by atoms with E-state index in [1.54, 1.807) is 18.2 Å². The Morgan fingerprint density at radius 1 is 0.939 bits per heavy atom. The molecule has 0 spiro atoms. The van der Waals surface area contributed by atoms with Crippen LogP contribution in [0.2, 0.25) is 0 Å². The second-order valence-corrected chi connectivity index (χ2v) is 9.38. The average Bonchev–Trinajstić information content (AvgIpc) is 2.71. The smallest absolute Gasteiger partial charge is 0.305 e. The number of aliphatic carboxylic acids is 1. The van der Waals surface area contributed by atoms with Gasteiger partial charge in [0.15, 0.2) is 0 Å². The molecule has 0 aliphatic carbocycles. The van der Waals surface area contributed by atoms with Gasteiger partial charge < -0.3 is 24.6 Å². The standard InChI is InChI=1S/C23H39NO6.C3H8/c1-7-9-19(10-8-2)21(27)24-15-22(3,4)16-30-18-23(5,6)17-29-14-13-28-12-11-20(25)26;1-3-2/h7-10H,1,11-18H2,2-6H3,(H,24,27)(H,25,26);3H2,1-2H3/b10-8-,19-9+;. The van der Waals surface area contributed by atoms with Gasteiger partial charge in [-0.3, -0.25) is 9.59 Å². The molecule has 33 heavy (non-hydrogen) atoms. The highest BCUT2D eigenvalue weighted by Crippen LogP contribution is 2.20. The summed E-state index contributed by atoms with van der Waals surface area (Å²) >= 11 is 0. The third-order valence-electron chi connectivity index (χ3n) is 3.94. The minimum atomic E-state index is -0.872. The van der Waals surface area contributed by atoms with Crippen LogP contribution in [0.25, 0.3) is 0 Å². The Morgan fingerprint density at radius 3 is 2.03 bits per heavy atom. The number of carboxylic acids is 1. The van der Waals surface area contributed by atoms with Crippen molar-refractivity contribution in [3.8, 4) is 0 Å². The Labute approximate surface area is 201 Å².